The molecule has 0 unspecified atom stereocenters. The molecular formula is C30H37N3O8S. The number of esters is 1. The number of hydrogen-bond donors (Lipinski definition) is 3. The molecule has 4 heterocycles. The largest absolute Gasteiger partial charge is 0.497 e. The number of aliphatic hydroxyl groups is 2. The first-order valence-corrected chi connectivity index (χ1v) is 15.2. The Morgan fingerprint density at radius 2 is 1.93 bits per heavy atom. The van der Waals surface area contributed by atoms with Gasteiger partial charge in [-0.3, -0.25) is 9.69 Å². The van der Waals surface area contributed by atoms with Gasteiger partial charge >= 0.3 is 5.97 Å². The lowest BCUT2D eigenvalue weighted by molar-refractivity contribution is -0.175. The summed E-state index contributed by atoms with van der Waals surface area (Å²) in [5, 5.41) is 26.8. The van der Waals surface area contributed by atoms with E-state index >= 15 is 0 Å². The fourth-order valence-corrected chi connectivity index (χ4v) is 7.30. The van der Waals surface area contributed by atoms with Gasteiger partial charge in [0.25, 0.3) is 0 Å². The van der Waals surface area contributed by atoms with Crippen molar-refractivity contribution in [2.75, 3.05) is 32.3 Å². The van der Waals surface area contributed by atoms with Crippen molar-refractivity contribution in [3.63, 3.8) is 0 Å². The molecule has 11 nitrogen and oxygen atoms in total. The third-order valence-corrected chi connectivity index (χ3v) is 9.35. The number of carbonyl (C=O) groups excluding carboxylic acids is 2. The van der Waals surface area contributed by atoms with Gasteiger partial charge in [-0.2, -0.15) is 0 Å². The van der Waals surface area contributed by atoms with Crippen LogP contribution in [0.5, 0.6) is 11.5 Å². The first-order chi connectivity index (χ1) is 20.1. The Kier molecular flexibility index (Phi) is 7.67. The van der Waals surface area contributed by atoms with Crippen LogP contribution in [0.2, 0.25) is 0 Å². The van der Waals surface area contributed by atoms with Gasteiger partial charge in [0, 0.05) is 36.6 Å². The Morgan fingerprint density at radius 1 is 1.17 bits per heavy atom. The predicted molar refractivity (Wildman–Crippen MR) is 153 cm³/mol. The number of methoxy groups -OCH3 is 1. The maximum atomic E-state index is 14.0. The Labute approximate surface area is 248 Å². The molecule has 1 saturated heterocycles. The lowest BCUT2D eigenvalue weighted by Crippen LogP contribution is -2.46. The second kappa shape index (κ2) is 11.1. The summed E-state index contributed by atoms with van der Waals surface area (Å²) < 4.78 is 23.5. The third-order valence-electron chi connectivity index (χ3n) is 8.67. The van der Waals surface area contributed by atoms with Gasteiger partial charge in [0.2, 0.25) is 12.7 Å². The first-order valence-electron chi connectivity index (χ1n) is 14.3. The zero-order chi connectivity index (χ0) is 29.6. The van der Waals surface area contributed by atoms with Gasteiger partial charge in [-0.1, -0.05) is 0 Å². The van der Waals surface area contributed by atoms with E-state index in [4.69, 9.17) is 18.9 Å². The summed E-state index contributed by atoms with van der Waals surface area (Å²) in [6.45, 7) is 5.20. The number of ether oxygens (including phenoxy) is 4. The molecule has 0 spiro atoms. The second-order valence-corrected chi connectivity index (χ2v) is 13.0. The van der Waals surface area contributed by atoms with E-state index in [9.17, 15) is 19.8 Å². The highest BCUT2D eigenvalue weighted by Gasteiger charge is 2.55. The number of amides is 1. The number of anilines is 1. The van der Waals surface area contributed by atoms with Crippen LogP contribution in [0.25, 0.3) is 0 Å². The summed E-state index contributed by atoms with van der Waals surface area (Å²) in [4.78, 5) is 33.4. The average Bonchev–Trinajstić information content (AvgIpc) is 3.70. The molecule has 1 aromatic carbocycles. The molecule has 0 bridgehead atoms. The molecule has 1 aromatic heterocycles. The van der Waals surface area contributed by atoms with Crippen LogP contribution >= 0.6 is 11.3 Å². The molecule has 1 aliphatic carbocycles. The summed E-state index contributed by atoms with van der Waals surface area (Å²) in [5.41, 5.74) is 0.0700. The van der Waals surface area contributed by atoms with Gasteiger partial charge < -0.3 is 34.5 Å². The minimum Gasteiger partial charge on any atom is -0.497 e. The molecule has 3 N–H and O–H groups in total. The Bertz CT molecular complexity index is 1390. The number of carbonyl (C=O) groups is 2. The number of nitrogens with one attached hydrogen (secondary N) is 1. The number of hydrogen-bond acceptors (Lipinski definition) is 11. The third kappa shape index (κ3) is 5.48. The molecule has 0 saturated carbocycles. The van der Waals surface area contributed by atoms with Crippen LogP contribution in [0, 0.1) is 0 Å². The van der Waals surface area contributed by atoms with Gasteiger partial charge in [0.1, 0.15) is 5.76 Å². The summed E-state index contributed by atoms with van der Waals surface area (Å²) in [5.74, 6) is 0.218. The molecule has 226 valence electrons. The van der Waals surface area contributed by atoms with Crippen molar-refractivity contribution in [3.05, 3.63) is 46.2 Å². The summed E-state index contributed by atoms with van der Waals surface area (Å²) in [6, 6.07) is 3.98. The van der Waals surface area contributed by atoms with Crippen LogP contribution in [-0.2, 0) is 25.5 Å². The number of nitrogens with zero attached hydrogens (tertiary/aromatic N) is 2. The number of thiazole rings is 1. The summed E-state index contributed by atoms with van der Waals surface area (Å²) in [6.07, 6.45) is 2.41. The number of fused-ring (bicyclic) bond motifs is 3. The lowest BCUT2D eigenvalue weighted by atomic mass is 9.86. The molecule has 2 aromatic rings. The van der Waals surface area contributed by atoms with Crippen molar-refractivity contribution >= 4 is 28.3 Å². The molecule has 3 aliphatic heterocycles. The van der Waals surface area contributed by atoms with Gasteiger partial charge in [-0.15, -0.1) is 11.3 Å². The number of aromatic nitrogens is 1. The minimum absolute atomic E-state index is 0.0177. The van der Waals surface area contributed by atoms with Crippen LogP contribution in [-0.4, -0.2) is 82.3 Å². The normalized spacial score (nSPS) is 24.1. The zero-order valence-electron chi connectivity index (χ0n) is 24.1. The van der Waals surface area contributed by atoms with E-state index < -0.39 is 35.6 Å². The molecule has 12 heteroatoms. The molecule has 0 radical (unpaired) electrons. The van der Waals surface area contributed by atoms with E-state index in [0.717, 1.165) is 42.6 Å². The first kappa shape index (κ1) is 28.9. The summed E-state index contributed by atoms with van der Waals surface area (Å²) >= 11 is 1.24. The molecule has 1 amide bonds. The topological polar surface area (TPSA) is 140 Å². The average molecular weight is 600 g/mol. The predicted octanol–water partition coefficient (Wildman–Crippen LogP) is 3.11. The van der Waals surface area contributed by atoms with Gasteiger partial charge in [-0.25, -0.2) is 9.78 Å². The quantitative estimate of drug-likeness (QED) is 0.349. The summed E-state index contributed by atoms with van der Waals surface area (Å²) in [7, 11) is 1.58. The van der Waals surface area contributed by atoms with Crippen LogP contribution in [0.3, 0.4) is 0 Å². The molecular weight excluding hydrogens is 562 g/mol. The van der Waals surface area contributed by atoms with Crippen molar-refractivity contribution in [1.29, 1.82) is 0 Å². The standard InChI is InChI=1S/C30H37N3O8S/c1-29(2,36)7-4-8-30(37,15-22(34)32-28-31-9-12-42-28)27(35)41-26-23-19-14-21-20(39-16-40-21)13-17(19)5-10-33-11-6-18(24(23)33)25(26)38-3/h9,12-14,23-24,26,36-37H,4-8,10-11,15-16H2,1-3H3,(H,31,32,34)/t23-,24+,26-,30+/m0/s1. The number of benzene rings is 1. The van der Waals surface area contributed by atoms with Crippen LogP contribution in [0.1, 0.15) is 63.0 Å². The maximum Gasteiger partial charge on any atom is 0.339 e. The highest BCUT2D eigenvalue weighted by molar-refractivity contribution is 7.13. The molecule has 6 rings (SSSR count). The monoisotopic (exact) mass is 599 g/mol. The second-order valence-electron chi connectivity index (χ2n) is 12.1. The van der Waals surface area contributed by atoms with Crippen molar-refractivity contribution in [2.24, 2.45) is 0 Å². The van der Waals surface area contributed by atoms with E-state index in [0.29, 0.717) is 35.2 Å². The minimum atomic E-state index is -2.13. The van der Waals surface area contributed by atoms with E-state index in [1.165, 1.54) is 11.3 Å². The highest BCUT2D eigenvalue weighted by atomic mass is 32.1. The maximum absolute atomic E-state index is 14.0. The van der Waals surface area contributed by atoms with Crippen molar-refractivity contribution in [3.8, 4) is 11.5 Å². The molecule has 4 atom stereocenters. The van der Waals surface area contributed by atoms with E-state index in [1.807, 2.05) is 12.1 Å². The van der Waals surface area contributed by atoms with Crippen molar-refractivity contribution in [2.45, 2.75) is 81.6 Å². The van der Waals surface area contributed by atoms with E-state index in [1.54, 1.807) is 32.5 Å². The van der Waals surface area contributed by atoms with E-state index in [2.05, 4.69) is 15.2 Å². The van der Waals surface area contributed by atoms with E-state index in [-0.39, 0.29) is 25.2 Å². The van der Waals surface area contributed by atoms with Crippen molar-refractivity contribution in [1.82, 2.24) is 9.88 Å². The van der Waals surface area contributed by atoms with Gasteiger partial charge in [-0.05, 0) is 74.8 Å². The van der Waals surface area contributed by atoms with Crippen LogP contribution in [0.15, 0.2) is 35.0 Å². The van der Waals surface area contributed by atoms with Crippen LogP contribution < -0.4 is 14.8 Å². The van der Waals surface area contributed by atoms with Gasteiger partial charge in [0.05, 0.1) is 19.1 Å². The molecule has 1 fully saturated rings. The molecule has 4 aliphatic rings. The number of rotatable bonds is 10. The highest BCUT2D eigenvalue weighted by Crippen LogP contribution is 2.52. The Balaban J connectivity index is 1.31. The SMILES string of the molecule is COC1=C2CCN3CCc4cc5c(cc4[C@H]([C@@H]1OC(=O)[C@@](O)(CCCC(C)(C)O)CC(=O)Nc1nccs1)[C@@H]23)OCO5. The fraction of sp³-hybridized carbons (Fsp3) is 0.567. The Hall–Kier alpha value is -3.19. The molecule has 42 heavy (non-hydrogen) atoms. The van der Waals surface area contributed by atoms with Crippen LogP contribution in [0.4, 0.5) is 5.13 Å². The lowest BCUT2D eigenvalue weighted by Gasteiger charge is -2.33. The van der Waals surface area contributed by atoms with Gasteiger partial charge in [0.15, 0.2) is 28.3 Å². The van der Waals surface area contributed by atoms with Crippen molar-refractivity contribution < 1.29 is 38.7 Å². The smallest absolute Gasteiger partial charge is 0.339 e. The fourth-order valence-electron chi connectivity index (χ4n) is 6.76. The zero-order valence-corrected chi connectivity index (χ0v) is 24.9. The Morgan fingerprint density at radius 3 is 2.64 bits per heavy atom.